The van der Waals surface area contributed by atoms with Gasteiger partial charge in [0.05, 0.1) is 17.5 Å². The smallest absolute Gasteiger partial charge is 0.253 e. The number of hydrogen-bond donors (Lipinski definition) is 2. The van der Waals surface area contributed by atoms with Crippen molar-refractivity contribution in [2.45, 2.75) is 58.5 Å². The first-order chi connectivity index (χ1) is 11.5. The fourth-order valence-corrected chi connectivity index (χ4v) is 3.43. The number of amides is 1. The molecular formula is C18H26N4O2. The lowest BCUT2D eigenvalue weighted by Crippen LogP contribution is -2.38. The minimum atomic E-state index is -0.0633. The highest BCUT2D eigenvalue weighted by molar-refractivity contribution is 5.98. The lowest BCUT2D eigenvalue weighted by Gasteiger charge is -2.28. The summed E-state index contributed by atoms with van der Waals surface area (Å²) in [6.45, 7) is 6.24. The summed E-state index contributed by atoms with van der Waals surface area (Å²) in [4.78, 5) is 17.2. The molecule has 2 N–H and O–H groups in total. The van der Waals surface area contributed by atoms with Gasteiger partial charge in [-0.3, -0.25) is 4.79 Å². The van der Waals surface area contributed by atoms with E-state index in [1.54, 1.807) is 6.20 Å². The molecule has 0 atom stereocenters. The first kappa shape index (κ1) is 16.9. The van der Waals surface area contributed by atoms with Crippen molar-refractivity contribution in [3.05, 3.63) is 23.5 Å². The molecule has 1 amide bonds. The Hall–Kier alpha value is -1.95. The summed E-state index contributed by atoms with van der Waals surface area (Å²) < 4.78 is 1.88. The summed E-state index contributed by atoms with van der Waals surface area (Å²) in [5.74, 6) is 0.325. The van der Waals surface area contributed by atoms with Crippen molar-refractivity contribution in [2.75, 3.05) is 6.61 Å². The summed E-state index contributed by atoms with van der Waals surface area (Å²) >= 11 is 0. The molecule has 1 fully saturated rings. The molecular weight excluding hydrogens is 304 g/mol. The molecule has 0 radical (unpaired) electrons. The van der Waals surface area contributed by atoms with E-state index in [4.69, 9.17) is 0 Å². The van der Waals surface area contributed by atoms with Crippen LogP contribution >= 0.6 is 0 Å². The molecule has 0 bridgehead atoms. The van der Waals surface area contributed by atoms with E-state index in [-0.39, 0.29) is 24.6 Å². The molecule has 2 aromatic heterocycles. The SMILES string of the molecule is Cc1nc2c(cnn2C(C)C)cc1C(=O)NC1CCC(CO)CC1. The van der Waals surface area contributed by atoms with Gasteiger partial charge in [0.2, 0.25) is 0 Å². The van der Waals surface area contributed by atoms with E-state index in [1.807, 2.05) is 17.7 Å². The van der Waals surface area contributed by atoms with Crippen molar-refractivity contribution >= 4 is 16.9 Å². The van der Waals surface area contributed by atoms with E-state index in [9.17, 15) is 9.90 Å². The minimum Gasteiger partial charge on any atom is -0.396 e. The molecule has 6 heteroatoms. The number of nitrogens with one attached hydrogen (secondary N) is 1. The molecule has 2 aromatic rings. The van der Waals surface area contributed by atoms with Crippen LogP contribution in [0.25, 0.3) is 11.0 Å². The number of carbonyl (C=O) groups is 1. The number of pyridine rings is 1. The van der Waals surface area contributed by atoms with Gasteiger partial charge in [0, 0.05) is 24.1 Å². The zero-order valence-electron chi connectivity index (χ0n) is 14.6. The molecule has 1 aliphatic rings. The van der Waals surface area contributed by atoms with Crippen LogP contribution in [-0.4, -0.2) is 38.4 Å². The Balaban J connectivity index is 1.76. The summed E-state index contributed by atoms with van der Waals surface area (Å²) in [5.41, 5.74) is 2.17. The number of carbonyl (C=O) groups excluding carboxylic acids is 1. The zero-order valence-corrected chi connectivity index (χ0v) is 14.6. The van der Waals surface area contributed by atoms with Crippen LogP contribution in [0.1, 0.15) is 61.6 Å². The Morgan fingerprint density at radius 1 is 1.38 bits per heavy atom. The standard InChI is InChI=1S/C18H26N4O2/c1-11(2)22-17-14(9-19-22)8-16(12(3)20-17)18(24)21-15-6-4-13(10-23)5-7-15/h8-9,11,13,15,23H,4-7,10H2,1-3H3,(H,21,24). The summed E-state index contributed by atoms with van der Waals surface area (Å²) in [6.07, 6.45) is 5.57. The number of aliphatic hydroxyl groups is 1. The van der Waals surface area contributed by atoms with Crippen molar-refractivity contribution < 1.29 is 9.90 Å². The molecule has 0 spiro atoms. The summed E-state index contributed by atoms with van der Waals surface area (Å²) in [7, 11) is 0. The topological polar surface area (TPSA) is 80.0 Å². The van der Waals surface area contributed by atoms with Gasteiger partial charge in [-0.2, -0.15) is 5.10 Å². The molecule has 2 heterocycles. The molecule has 0 saturated heterocycles. The van der Waals surface area contributed by atoms with Crippen molar-refractivity contribution in [3.63, 3.8) is 0 Å². The highest BCUT2D eigenvalue weighted by Crippen LogP contribution is 2.24. The average Bonchev–Trinajstić information content (AvgIpc) is 2.97. The van der Waals surface area contributed by atoms with Crippen LogP contribution in [0.5, 0.6) is 0 Å². The number of aryl methyl sites for hydroxylation is 1. The third kappa shape index (κ3) is 3.29. The van der Waals surface area contributed by atoms with Gasteiger partial charge in [-0.15, -0.1) is 0 Å². The number of fused-ring (bicyclic) bond motifs is 1. The highest BCUT2D eigenvalue weighted by Gasteiger charge is 2.23. The maximum absolute atomic E-state index is 12.6. The van der Waals surface area contributed by atoms with Crippen LogP contribution in [0.4, 0.5) is 0 Å². The fourth-order valence-electron chi connectivity index (χ4n) is 3.43. The second-order valence-electron chi connectivity index (χ2n) is 7.09. The highest BCUT2D eigenvalue weighted by atomic mass is 16.3. The monoisotopic (exact) mass is 330 g/mol. The third-order valence-corrected chi connectivity index (χ3v) is 4.93. The normalized spacial score (nSPS) is 21.4. The van der Waals surface area contributed by atoms with Crippen molar-refractivity contribution in [2.24, 2.45) is 5.92 Å². The van der Waals surface area contributed by atoms with Gasteiger partial charge in [-0.1, -0.05) is 0 Å². The van der Waals surface area contributed by atoms with E-state index in [1.165, 1.54) is 0 Å². The molecule has 130 valence electrons. The second-order valence-corrected chi connectivity index (χ2v) is 7.09. The predicted octanol–water partition coefficient (Wildman–Crippen LogP) is 2.60. The summed E-state index contributed by atoms with van der Waals surface area (Å²) in [6, 6.07) is 2.31. The largest absolute Gasteiger partial charge is 0.396 e. The van der Waals surface area contributed by atoms with Crippen molar-refractivity contribution in [3.8, 4) is 0 Å². The third-order valence-electron chi connectivity index (χ3n) is 4.93. The molecule has 0 unspecified atom stereocenters. The van der Waals surface area contributed by atoms with Crippen LogP contribution in [0.15, 0.2) is 12.3 Å². The van der Waals surface area contributed by atoms with Crippen molar-refractivity contribution in [1.29, 1.82) is 0 Å². The maximum atomic E-state index is 12.6. The molecule has 24 heavy (non-hydrogen) atoms. The fraction of sp³-hybridized carbons (Fsp3) is 0.611. The zero-order chi connectivity index (χ0) is 17.3. The Labute approximate surface area is 142 Å². The summed E-state index contributed by atoms with van der Waals surface area (Å²) in [5, 5.41) is 17.6. The lowest BCUT2D eigenvalue weighted by atomic mass is 9.86. The van der Waals surface area contributed by atoms with Crippen LogP contribution < -0.4 is 5.32 Å². The molecule has 0 aromatic carbocycles. The van der Waals surface area contributed by atoms with Crippen LogP contribution in [0.3, 0.4) is 0 Å². The number of aromatic nitrogens is 3. The Kier molecular flexibility index (Phi) is 4.85. The molecule has 1 saturated carbocycles. The average molecular weight is 330 g/mol. The maximum Gasteiger partial charge on any atom is 0.253 e. The quantitative estimate of drug-likeness (QED) is 0.903. The number of nitrogens with zero attached hydrogens (tertiary/aromatic N) is 3. The van der Waals surface area contributed by atoms with Gasteiger partial charge in [0.15, 0.2) is 5.65 Å². The Morgan fingerprint density at radius 3 is 2.71 bits per heavy atom. The van der Waals surface area contributed by atoms with Crippen molar-refractivity contribution in [1.82, 2.24) is 20.1 Å². The van der Waals surface area contributed by atoms with E-state index in [2.05, 4.69) is 29.2 Å². The van der Waals surface area contributed by atoms with Gasteiger partial charge in [0.25, 0.3) is 5.91 Å². The van der Waals surface area contributed by atoms with Gasteiger partial charge in [-0.25, -0.2) is 9.67 Å². The second kappa shape index (κ2) is 6.89. The first-order valence-corrected chi connectivity index (χ1v) is 8.76. The van der Waals surface area contributed by atoms with Gasteiger partial charge in [0.1, 0.15) is 0 Å². The molecule has 1 aliphatic carbocycles. The van der Waals surface area contributed by atoms with Gasteiger partial charge >= 0.3 is 0 Å². The van der Waals surface area contributed by atoms with E-state index in [0.717, 1.165) is 42.4 Å². The molecule has 6 nitrogen and oxygen atoms in total. The van der Waals surface area contributed by atoms with Gasteiger partial charge in [-0.05, 0) is 58.4 Å². The first-order valence-electron chi connectivity index (χ1n) is 8.76. The van der Waals surface area contributed by atoms with Crippen LogP contribution in [0, 0.1) is 12.8 Å². The Morgan fingerprint density at radius 2 is 2.08 bits per heavy atom. The van der Waals surface area contributed by atoms with E-state index >= 15 is 0 Å². The Bertz CT molecular complexity index is 730. The minimum absolute atomic E-state index is 0.0633. The molecule has 3 rings (SSSR count). The lowest BCUT2D eigenvalue weighted by molar-refractivity contribution is 0.0913. The molecule has 0 aliphatic heterocycles. The number of rotatable bonds is 4. The number of hydrogen-bond acceptors (Lipinski definition) is 4. The predicted molar refractivity (Wildman–Crippen MR) is 92.9 cm³/mol. The van der Waals surface area contributed by atoms with Crippen LogP contribution in [0.2, 0.25) is 0 Å². The van der Waals surface area contributed by atoms with E-state index < -0.39 is 0 Å². The van der Waals surface area contributed by atoms with E-state index in [0.29, 0.717) is 11.5 Å². The number of aliphatic hydroxyl groups excluding tert-OH is 1. The van der Waals surface area contributed by atoms with Crippen LogP contribution in [-0.2, 0) is 0 Å². The van der Waals surface area contributed by atoms with Gasteiger partial charge < -0.3 is 10.4 Å².